The molecule has 148 valence electrons. The third-order valence-electron chi connectivity index (χ3n) is 5.01. The second kappa shape index (κ2) is 6.71. The van der Waals surface area contributed by atoms with Crippen LogP contribution in [0.2, 0.25) is 0 Å². The van der Waals surface area contributed by atoms with E-state index in [4.69, 9.17) is 4.52 Å². The fraction of sp³-hybridized carbons (Fsp3) is 0.389. The van der Waals surface area contributed by atoms with Crippen LogP contribution in [0.25, 0.3) is 10.9 Å². The van der Waals surface area contributed by atoms with Crippen LogP contribution in [0, 0.1) is 20.8 Å². The van der Waals surface area contributed by atoms with E-state index in [1.165, 1.54) is 4.31 Å². The van der Waals surface area contributed by atoms with E-state index < -0.39 is 10.0 Å². The number of aromatic amines is 1. The molecule has 4 rings (SSSR count). The summed E-state index contributed by atoms with van der Waals surface area (Å²) in [6, 6.07) is 5.76. The number of piperazine rings is 1. The number of carbonyl (C=O) groups excluding carboxylic acids is 1. The molecule has 0 atom stereocenters. The molecule has 2 aromatic heterocycles. The van der Waals surface area contributed by atoms with Crippen molar-refractivity contribution in [1.29, 1.82) is 0 Å². The standard InChI is InChI=1S/C18H21N5O4S/c1-11-4-5-15-14(10-11)16(20-19-15)18(24)22-6-8-23(9-7-22)28(25,26)17-12(2)21-27-13(17)3/h4-5,10H,6-9H2,1-3H3,(H,19,20). The van der Waals surface area contributed by atoms with Gasteiger partial charge >= 0.3 is 0 Å². The molecular weight excluding hydrogens is 382 g/mol. The second-order valence-electron chi connectivity index (χ2n) is 6.97. The number of H-pyrrole nitrogens is 1. The lowest BCUT2D eigenvalue weighted by Crippen LogP contribution is -2.50. The van der Waals surface area contributed by atoms with E-state index in [1.807, 2.05) is 25.1 Å². The molecule has 1 fully saturated rings. The van der Waals surface area contributed by atoms with Crippen LogP contribution in [0.1, 0.15) is 27.5 Å². The van der Waals surface area contributed by atoms with Gasteiger partial charge in [-0.15, -0.1) is 0 Å². The van der Waals surface area contributed by atoms with Crippen LogP contribution in [0.3, 0.4) is 0 Å². The largest absolute Gasteiger partial charge is 0.360 e. The molecule has 3 heterocycles. The molecule has 0 aliphatic carbocycles. The van der Waals surface area contributed by atoms with Crippen molar-refractivity contribution >= 4 is 26.8 Å². The topological polar surface area (TPSA) is 112 Å². The lowest BCUT2D eigenvalue weighted by molar-refractivity contribution is 0.0693. The Balaban J connectivity index is 1.52. The average Bonchev–Trinajstić information content (AvgIpc) is 3.24. The number of aromatic nitrogens is 3. The van der Waals surface area contributed by atoms with E-state index in [0.717, 1.165) is 16.5 Å². The van der Waals surface area contributed by atoms with Crippen LogP contribution >= 0.6 is 0 Å². The number of amides is 1. The lowest BCUT2D eigenvalue weighted by Gasteiger charge is -2.33. The summed E-state index contributed by atoms with van der Waals surface area (Å²) >= 11 is 0. The number of carbonyl (C=O) groups is 1. The molecular formula is C18H21N5O4S. The first-order valence-corrected chi connectivity index (χ1v) is 10.4. The zero-order valence-electron chi connectivity index (χ0n) is 15.9. The quantitative estimate of drug-likeness (QED) is 0.711. The number of nitrogens with zero attached hydrogens (tertiary/aromatic N) is 4. The summed E-state index contributed by atoms with van der Waals surface area (Å²) in [5.41, 5.74) is 2.54. The van der Waals surface area contributed by atoms with E-state index in [9.17, 15) is 13.2 Å². The molecule has 0 saturated carbocycles. The minimum absolute atomic E-state index is 0.112. The molecule has 10 heteroatoms. The van der Waals surface area contributed by atoms with Crippen molar-refractivity contribution in [2.45, 2.75) is 25.7 Å². The first-order valence-electron chi connectivity index (χ1n) is 8.96. The number of rotatable bonds is 3. The number of aryl methyl sites for hydroxylation is 3. The molecule has 0 unspecified atom stereocenters. The summed E-state index contributed by atoms with van der Waals surface area (Å²) in [5, 5.41) is 11.6. The van der Waals surface area contributed by atoms with Crippen LogP contribution in [0.4, 0.5) is 0 Å². The third kappa shape index (κ3) is 2.98. The minimum atomic E-state index is -3.71. The van der Waals surface area contributed by atoms with Crippen molar-refractivity contribution in [3.8, 4) is 0 Å². The molecule has 1 aliphatic heterocycles. The number of sulfonamides is 1. The van der Waals surface area contributed by atoms with Crippen molar-refractivity contribution in [1.82, 2.24) is 24.6 Å². The molecule has 1 aliphatic rings. The minimum Gasteiger partial charge on any atom is -0.360 e. The molecule has 9 nitrogen and oxygen atoms in total. The zero-order chi connectivity index (χ0) is 20.1. The smallest absolute Gasteiger partial charge is 0.275 e. The van der Waals surface area contributed by atoms with Gasteiger partial charge in [-0.2, -0.15) is 9.40 Å². The van der Waals surface area contributed by atoms with E-state index in [0.29, 0.717) is 24.5 Å². The Morgan fingerprint density at radius 1 is 1.14 bits per heavy atom. The predicted molar refractivity (Wildman–Crippen MR) is 101 cm³/mol. The van der Waals surface area contributed by atoms with E-state index in [2.05, 4.69) is 15.4 Å². The zero-order valence-corrected chi connectivity index (χ0v) is 16.7. The first-order chi connectivity index (χ1) is 13.3. The molecule has 1 saturated heterocycles. The van der Waals surface area contributed by atoms with E-state index in [1.54, 1.807) is 18.7 Å². The van der Waals surface area contributed by atoms with Crippen molar-refractivity contribution in [2.75, 3.05) is 26.2 Å². The highest BCUT2D eigenvalue weighted by Gasteiger charge is 2.35. The molecule has 3 aromatic rings. The SMILES string of the molecule is Cc1ccc2[nH]nc(C(=O)N3CCN(S(=O)(=O)c4c(C)noc4C)CC3)c2c1. The van der Waals surface area contributed by atoms with Crippen LogP contribution in [0.5, 0.6) is 0 Å². The van der Waals surface area contributed by atoms with E-state index >= 15 is 0 Å². The molecule has 1 N–H and O–H groups in total. The van der Waals surface area contributed by atoms with Gasteiger partial charge in [-0.05, 0) is 32.9 Å². The maximum absolute atomic E-state index is 12.9. The van der Waals surface area contributed by atoms with E-state index in [-0.39, 0.29) is 29.7 Å². The van der Waals surface area contributed by atoms with Gasteiger partial charge in [0, 0.05) is 31.6 Å². The van der Waals surface area contributed by atoms with Crippen LogP contribution in [0.15, 0.2) is 27.6 Å². The summed E-state index contributed by atoms with van der Waals surface area (Å²) in [6.07, 6.45) is 0. The molecule has 28 heavy (non-hydrogen) atoms. The molecule has 0 spiro atoms. The van der Waals surface area contributed by atoms with Crippen LogP contribution in [-0.2, 0) is 10.0 Å². The van der Waals surface area contributed by atoms with Gasteiger partial charge in [0.25, 0.3) is 5.91 Å². The highest BCUT2D eigenvalue weighted by atomic mass is 32.2. The van der Waals surface area contributed by atoms with Gasteiger partial charge in [0.05, 0.1) is 5.52 Å². The summed E-state index contributed by atoms with van der Waals surface area (Å²) in [7, 11) is -3.71. The van der Waals surface area contributed by atoms with Crippen molar-refractivity contribution < 1.29 is 17.7 Å². The number of nitrogens with one attached hydrogen (secondary N) is 1. The number of hydrogen-bond donors (Lipinski definition) is 1. The van der Waals surface area contributed by atoms with Gasteiger partial charge in [0.15, 0.2) is 11.5 Å². The first kappa shape index (κ1) is 18.6. The van der Waals surface area contributed by atoms with Crippen molar-refractivity contribution in [3.63, 3.8) is 0 Å². The van der Waals surface area contributed by atoms with Crippen molar-refractivity contribution in [2.24, 2.45) is 0 Å². The summed E-state index contributed by atoms with van der Waals surface area (Å²) in [5.74, 6) is 0.0700. The highest BCUT2D eigenvalue weighted by Crippen LogP contribution is 2.25. The Labute approximate surface area is 162 Å². The average molecular weight is 403 g/mol. The van der Waals surface area contributed by atoms with Gasteiger partial charge in [0.2, 0.25) is 10.0 Å². The Morgan fingerprint density at radius 3 is 2.50 bits per heavy atom. The third-order valence-corrected chi connectivity index (χ3v) is 7.16. The van der Waals surface area contributed by atoms with Crippen molar-refractivity contribution in [3.05, 3.63) is 40.9 Å². The van der Waals surface area contributed by atoms with Gasteiger partial charge in [-0.25, -0.2) is 8.42 Å². The summed E-state index contributed by atoms with van der Waals surface area (Å²) < 4.78 is 32.2. The fourth-order valence-corrected chi connectivity index (χ4v) is 5.26. The Hall–Kier alpha value is -2.72. The van der Waals surface area contributed by atoms with Gasteiger partial charge < -0.3 is 9.42 Å². The normalized spacial score (nSPS) is 16.0. The lowest BCUT2D eigenvalue weighted by atomic mass is 10.1. The molecule has 1 aromatic carbocycles. The Kier molecular flexibility index (Phi) is 4.47. The maximum atomic E-state index is 12.9. The van der Waals surface area contributed by atoms with Gasteiger partial charge in [-0.3, -0.25) is 9.89 Å². The Morgan fingerprint density at radius 2 is 1.86 bits per heavy atom. The van der Waals surface area contributed by atoms with Gasteiger partial charge in [-0.1, -0.05) is 16.8 Å². The Bertz CT molecular complexity index is 1140. The maximum Gasteiger partial charge on any atom is 0.275 e. The summed E-state index contributed by atoms with van der Waals surface area (Å²) in [4.78, 5) is 14.7. The predicted octanol–water partition coefficient (Wildman–Crippen LogP) is 1.62. The second-order valence-corrected chi connectivity index (χ2v) is 8.85. The van der Waals surface area contributed by atoms with Crippen LogP contribution < -0.4 is 0 Å². The number of fused-ring (bicyclic) bond motifs is 1. The number of hydrogen-bond acceptors (Lipinski definition) is 6. The molecule has 0 bridgehead atoms. The molecule has 0 radical (unpaired) electrons. The summed E-state index contributed by atoms with van der Waals surface area (Å²) in [6.45, 7) is 6.15. The fourth-order valence-electron chi connectivity index (χ4n) is 3.54. The highest BCUT2D eigenvalue weighted by molar-refractivity contribution is 7.89. The number of benzene rings is 1. The molecule has 1 amide bonds. The van der Waals surface area contributed by atoms with Gasteiger partial charge in [0.1, 0.15) is 10.6 Å². The van der Waals surface area contributed by atoms with Crippen LogP contribution in [-0.4, -0.2) is 65.1 Å². The monoisotopic (exact) mass is 403 g/mol.